The number of fused-ring (bicyclic) bond motifs is 1. The van der Waals surface area contributed by atoms with Gasteiger partial charge in [0.05, 0.1) is 22.8 Å². The zero-order valence-corrected chi connectivity index (χ0v) is 22.7. The van der Waals surface area contributed by atoms with Gasteiger partial charge in [-0.25, -0.2) is 4.79 Å². The lowest BCUT2D eigenvalue weighted by molar-refractivity contribution is -0.137. The molecule has 0 unspecified atom stereocenters. The van der Waals surface area contributed by atoms with Crippen LogP contribution in [0.2, 0.25) is 5.02 Å². The van der Waals surface area contributed by atoms with Gasteiger partial charge < -0.3 is 10.0 Å². The average Bonchev–Trinajstić information content (AvgIpc) is 3.08. The molecule has 1 heterocycles. The van der Waals surface area contributed by atoms with E-state index in [1.54, 1.807) is 12.1 Å². The lowest BCUT2D eigenvalue weighted by atomic mass is 9.85. The summed E-state index contributed by atoms with van der Waals surface area (Å²) >= 11 is 6.12. The molecule has 0 atom stereocenters. The molecule has 2 aliphatic rings. The van der Waals surface area contributed by atoms with Crippen LogP contribution in [0.4, 0.5) is 17.6 Å². The highest BCUT2D eigenvalue weighted by Crippen LogP contribution is 2.46. The maximum absolute atomic E-state index is 14.2. The summed E-state index contributed by atoms with van der Waals surface area (Å²) in [5, 5.41) is 9.19. The predicted molar refractivity (Wildman–Crippen MR) is 149 cm³/mol. The Kier molecular flexibility index (Phi) is 8.34. The normalized spacial score (nSPS) is 16.4. The van der Waals surface area contributed by atoms with Crippen molar-refractivity contribution >= 4 is 28.7 Å². The predicted octanol–water partition coefficient (Wildman–Crippen LogP) is 8.19. The molecule has 1 N–H and O–H groups in total. The summed E-state index contributed by atoms with van der Waals surface area (Å²) in [5.74, 6) is -0.551. The summed E-state index contributed by atoms with van der Waals surface area (Å²) in [6.45, 7) is 2.34. The Bertz CT molecular complexity index is 1430. The molecular weight excluding hydrogens is 542 g/mol. The second-order valence-corrected chi connectivity index (χ2v) is 11.0. The molecule has 3 aromatic rings. The highest BCUT2D eigenvalue weighted by Gasteiger charge is 2.37. The minimum absolute atomic E-state index is 0.0528. The number of allylic oxidation sites excluding steroid dienone is 1. The van der Waals surface area contributed by atoms with E-state index in [2.05, 4.69) is 4.90 Å². The number of aromatic carboxylic acids is 1. The average molecular weight is 572 g/mol. The monoisotopic (exact) mass is 571 g/mol. The molecule has 8 heteroatoms. The third-order valence-electron chi connectivity index (χ3n) is 7.83. The number of nitrogens with zero attached hydrogens (tertiary/aromatic N) is 1. The Balaban J connectivity index is 1.57. The minimum Gasteiger partial charge on any atom is -0.478 e. The van der Waals surface area contributed by atoms with Gasteiger partial charge in [0, 0.05) is 19.6 Å². The lowest BCUT2D eigenvalue weighted by Gasteiger charge is -2.39. The minimum atomic E-state index is -4.64. The largest absolute Gasteiger partial charge is 0.478 e. The van der Waals surface area contributed by atoms with Crippen LogP contribution in [0.15, 0.2) is 60.7 Å². The van der Waals surface area contributed by atoms with E-state index in [0.717, 1.165) is 48.3 Å². The van der Waals surface area contributed by atoms with Gasteiger partial charge >= 0.3 is 12.1 Å². The van der Waals surface area contributed by atoms with Crippen molar-refractivity contribution in [1.82, 2.24) is 4.90 Å². The Labute approximate surface area is 236 Å². The highest BCUT2D eigenvalue weighted by molar-refractivity contribution is 6.31. The van der Waals surface area contributed by atoms with Crippen molar-refractivity contribution in [3.05, 3.63) is 105 Å². The maximum Gasteiger partial charge on any atom is 0.418 e. The Morgan fingerprint density at radius 3 is 2.42 bits per heavy atom. The molecule has 0 amide bonds. The summed E-state index contributed by atoms with van der Waals surface area (Å²) in [6.07, 6.45) is -1.71. The van der Waals surface area contributed by atoms with Crippen LogP contribution in [0.25, 0.3) is 11.1 Å². The second kappa shape index (κ2) is 11.8. The first-order chi connectivity index (χ1) is 19.2. The first kappa shape index (κ1) is 28.4. The van der Waals surface area contributed by atoms with E-state index < -0.39 is 17.7 Å². The van der Waals surface area contributed by atoms with Crippen molar-refractivity contribution < 1.29 is 27.5 Å². The molecule has 0 radical (unpaired) electrons. The third kappa shape index (κ3) is 5.96. The molecule has 5 rings (SSSR count). The number of halogens is 5. The standard InChI is InChI=1S/C32H30ClF4NO2/c33-28-7-2-6-27(30(28)32(35,36)37)26-5-1-4-23-17-24(31(39)40)12-13-25(23)29(26)22-10-8-20(9-11-22)16-21-18-38(19-21)15-3-14-34/h2,6-13,17,21H,1,3-5,14-16,18-19H2,(H,39,40). The van der Waals surface area contributed by atoms with Gasteiger partial charge in [-0.05, 0) is 95.2 Å². The van der Waals surface area contributed by atoms with Gasteiger partial charge in [-0.15, -0.1) is 0 Å². The van der Waals surface area contributed by atoms with Crippen molar-refractivity contribution in [3.63, 3.8) is 0 Å². The van der Waals surface area contributed by atoms with E-state index in [9.17, 15) is 27.5 Å². The lowest BCUT2D eigenvalue weighted by Crippen LogP contribution is -2.47. The number of carboxylic acids is 1. The fourth-order valence-electron chi connectivity index (χ4n) is 6.00. The number of carboxylic acid groups (broad SMARTS) is 1. The molecule has 0 bridgehead atoms. The van der Waals surface area contributed by atoms with Gasteiger partial charge in [-0.2, -0.15) is 13.2 Å². The van der Waals surface area contributed by atoms with Crippen LogP contribution < -0.4 is 0 Å². The number of likely N-dealkylation sites (tertiary alicyclic amines) is 1. The van der Waals surface area contributed by atoms with E-state index in [1.165, 1.54) is 24.3 Å². The summed E-state index contributed by atoms with van der Waals surface area (Å²) < 4.78 is 55.2. The van der Waals surface area contributed by atoms with Crippen LogP contribution in [0.5, 0.6) is 0 Å². The zero-order chi connectivity index (χ0) is 28.4. The zero-order valence-electron chi connectivity index (χ0n) is 21.9. The summed E-state index contributed by atoms with van der Waals surface area (Å²) in [7, 11) is 0. The fourth-order valence-corrected chi connectivity index (χ4v) is 6.28. The van der Waals surface area contributed by atoms with Crippen molar-refractivity contribution in [1.29, 1.82) is 0 Å². The number of hydrogen-bond donors (Lipinski definition) is 1. The first-order valence-electron chi connectivity index (χ1n) is 13.5. The van der Waals surface area contributed by atoms with E-state index in [4.69, 9.17) is 11.6 Å². The van der Waals surface area contributed by atoms with Crippen LogP contribution in [0.1, 0.15) is 63.0 Å². The van der Waals surface area contributed by atoms with Crippen molar-refractivity contribution in [3.8, 4) is 0 Å². The molecule has 210 valence electrons. The van der Waals surface area contributed by atoms with Gasteiger partial charge in [-0.1, -0.05) is 54.1 Å². The number of alkyl halides is 4. The van der Waals surface area contributed by atoms with Crippen LogP contribution in [-0.2, 0) is 19.0 Å². The molecule has 1 fully saturated rings. The molecule has 3 aromatic carbocycles. The summed E-state index contributed by atoms with van der Waals surface area (Å²) in [4.78, 5) is 13.9. The van der Waals surface area contributed by atoms with E-state index >= 15 is 0 Å². The maximum atomic E-state index is 14.2. The van der Waals surface area contributed by atoms with Crippen molar-refractivity contribution in [2.45, 2.75) is 38.3 Å². The quantitative estimate of drug-likeness (QED) is 0.277. The van der Waals surface area contributed by atoms with Crippen LogP contribution in [-0.4, -0.2) is 42.3 Å². The molecule has 40 heavy (non-hydrogen) atoms. The topological polar surface area (TPSA) is 40.5 Å². The third-order valence-corrected chi connectivity index (χ3v) is 8.14. The molecule has 0 spiro atoms. The first-order valence-corrected chi connectivity index (χ1v) is 13.9. The molecule has 1 aliphatic carbocycles. The van der Waals surface area contributed by atoms with Crippen molar-refractivity contribution in [2.75, 3.05) is 26.3 Å². The Morgan fingerprint density at radius 1 is 1.00 bits per heavy atom. The van der Waals surface area contributed by atoms with Crippen LogP contribution in [0, 0.1) is 5.92 Å². The molecule has 3 nitrogen and oxygen atoms in total. The molecule has 0 saturated carbocycles. The smallest absolute Gasteiger partial charge is 0.418 e. The Hall–Kier alpha value is -3.16. The highest BCUT2D eigenvalue weighted by atomic mass is 35.5. The van der Waals surface area contributed by atoms with Gasteiger partial charge in [-0.3, -0.25) is 4.39 Å². The number of benzene rings is 3. The number of aryl methyl sites for hydroxylation is 1. The fraction of sp³-hybridized carbons (Fsp3) is 0.344. The van der Waals surface area contributed by atoms with Crippen LogP contribution in [0.3, 0.4) is 0 Å². The molecule has 1 aliphatic heterocycles. The van der Waals surface area contributed by atoms with E-state index in [0.29, 0.717) is 42.7 Å². The molecular formula is C32H30ClF4NO2. The Morgan fingerprint density at radius 2 is 1.75 bits per heavy atom. The van der Waals surface area contributed by atoms with E-state index in [1.807, 2.05) is 24.3 Å². The molecule has 0 aromatic heterocycles. The number of hydrogen-bond acceptors (Lipinski definition) is 2. The number of rotatable bonds is 8. The van der Waals surface area contributed by atoms with E-state index in [-0.39, 0.29) is 22.8 Å². The van der Waals surface area contributed by atoms with Crippen molar-refractivity contribution in [2.24, 2.45) is 5.92 Å². The number of carbonyl (C=O) groups is 1. The van der Waals surface area contributed by atoms with Gasteiger partial charge in [0.25, 0.3) is 0 Å². The second-order valence-electron chi connectivity index (χ2n) is 10.6. The SMILES string of the molecule is O=C(O)c1ccc2c(c1)CCCC(c1cccc(Cl)c1C(F)(F)F)=C2c1ccc(CC2CN(CCCF)C2)cc1. The summed E-state index contributed by atoms with van der Waals surface area (Å²) in [6, 6.07) is 17.0. The van der Waals surface area contributed by atoms with Crippen LogP contribution >= 0.6 is 11.6 Å². The van der Waals surface area contributed by atoms with Gasteiger partial charge in [0.2, 0.25) is 0 Å². The molecule has 1 saturated heterocycles. The summed E-state index contributed by atoms with van der Waals surface area (Å²) in [5.41, 5.74) is 4.01. The van der Waals surface area contributed by atoms with Gasteiger partial charge in [0.1, 0.15) is 0 Å². The van der Waals surface area contributed by atoms with Gasteiger partial charge in [0.15, 0.2) is 0 Å².